The van der Waals surface area contributed by atoms with E-state index in [0.717, 1.165) is 23.1 Å². The van der Waals surface area contributed by atoms with Gasteiger partial charge in [-0.15, -0.1) is 0 Å². The molecule has 98 valence electrons. The number of nitrogens with zero attached hydrogens (tertiary/aromatic N) is 1. The molecule has 1 aliphatic rings. The number of alkyl halides is 1. The Balaban J connectivity index is 2.32. The maximum Gasteiger partial charge on any atom is 0.234 e. The van der Waals surface area contributed by atoms with E-state index >= 15 is 0 Å². The first kappa shape index (κ1) is 13.8. The number of halogens is 1. The molecule has 2 atom stereocenters. The smallest absolute Gasteiger partial charge is 0.234 e. The first-order chi connectivity index (χ1) is 8.70. The predicted octanol–water partition coefficient (Wildman–Crippen LogP) is 2.14. The summed E-state index contributed by atoms with van der Waals surface area (Å²) in [6, 6.07) is 10.1. The van der Waals surface area contributed by atoms with Gasteiger partial charge in [-0.3, -0.25) is 4.79 Å². The molecule has 18 heavy (non-hydrogen) atoms. The standard InChI is InChI=1S/C14H19IN2O/c1-2-17(10-15)13(18)14(8-12(14)9-16)11-6-4-3-5-7-11/h3-7,12H,2,8-10,16H2,1H3/t12-,14+/m0/s1. The second kappa shape index (κ2) is 5.57. The number of rotatable bonds is 5. The number of amides is 1. The highest BCUT2D eigenvalue weighted by molar-refractivity contribution is 14.1. The molecule has 2 N–H and O–H groups in total. The lowest BCUT2D eigenvalue weighted by Crippen LogP contribution is -2.40. The third-order valence-electron chi connectivity index (χ3n) is 3.87. The average molecular weight is 358 g/mol. The molecule has 0 spiro atoms. The molecule has 1 fully saturated rings. The van der Waals surface area contributed by atoms with Crippen LogP contribution in [0.25, 0.3) is 0 Å². The van der Waals surface area contributed by atoms with Crippen LogP contribution in [-0.4, -0.2) is 28.4 Å². The minimum absolute atomic E-state index is 0.237. The SMILES string of the molecule is CCN(CI)C(=O)[C@@]1(c2ccccc2)C[C@H]1CN. The van der Waals surface area contributed by atoms with Gasteiger partial charge in [-0.05, 0) is 31.4 Å². The Morgan fingerprint density at radius 1 is 1.50 bits per heavy atom. The molecule has 1 amide bonds. The Morgan fingerprint density at radius 2 is 2.17 bits per heavy atom. The second-order valence-electron chi connectivity index (χ2n) is 4.75. The predicted molar refractivity (Wildman–Crippen MR) is 81.6 cm³/mol. The van der Waals surface area contributed by atoms with E-state index in [1.54, 1.807) is 0 Å². The molecule has 0 heterocycles. The zero-order chi connectivity index (χ0) is 13.2. The van der Waals surface area contributed by atoms with Crippen molar-refractivity contribution in [2.75, 3.05) is 17.6 Å². The molecule has 1 aromatic carbocycles. The van der Waals surface area contributed by atoms with Crippen molar-refractivity contribution in [1.82, 2.24) is 4.90 Å². The van der Waals surface area contributed by atoms with Gasteiger partial charge in [-0.1, -0.05) is 52.9 Å². The number of hydrogen-bond donors (Lipinski definition) is 1. The minimum atomic E-state index is -0.350. The molecule has 0 bridgehead atoms. The van der Waals surface area contributed by atoms with Crippen molar-refractivity contribution in [3.8, 4) is 0 Å². The lowest BCUT2D eigenvalue weighted by atomic mass is 9.91. The number of nitrogens with two attached hydrogens (primary N) is 1. The fourth-order valence-electron chi connectivity index (χ4n) is 2.65. The highest BCUT2D eigenvalue weighted by Gasteiger charge is 2.61. The van der Waals surface area contributed by atoms with Crippen LogP contribution in [0.4, 0.5) is 0 Å². The highest BCUT2D eigenvalue weighted by atomic mass is 127. The average Bonchev–Trinajstić information content (AvgIpc) is 3.17. The molecule has 0 radical (unpaired) electrons. The first-order valence-electron chi connectivity index (χ1n) is 6.31. The van der Waals surface area contributed by atoms with Gasteiger partial charge in [-0.2, -0.15) is 0 Å². The van der Waals surface area contributed by atoms with Gasteiger partial charge in [-0.25, -0.2) is 0 Å². The van der Waals surface area contributed by atoms with Gasteiger partial charge in [0.15, 0.2) is 0 Å². The fraction of sp³-hybridized carbons (Fsp3) is 0.500. The van der Waals surface area contributed by atoms with Crippen molar-refractivity contribution in [3.63, 3.8) is 0 Å². The molecular weight excluding hydrogens is 339 g/mol. The van der Waals surface area contributed by atoms with Gasteiger partial charge in [0.25, 0.3) is 0 Å². The molecule has 1 saturated carbocycles. The van der Waals surface area contributed by atoms with Crippen LogP contribution >= 0.6 is 22.6 Å². The zero-order valence-electron chi connectivity index (χ0n) is 10.6. The van der Waals surface area contributed by atoms with Crippen LogP contribution in [0.15, 0.2) is 30.3 Å². The van der Waals surface area contributed by atoms with Gasteiger partial charge in [0.1, 0.15) is 0 Å². The Kier molecular flexibility index (Phi) is 4.27. The van der Waals surface area contributed by atoms with E-state index in [1.165, 1.54) is 0 Å². The summed E-state index contributed by atoms with van der Waals surface area (Å²) in [7, 11) is 0. The lowest BCUT2D eigenvalue weighted by Gasteiger charge is -2.25. The van der Waals surface area contributed by atoms with Crippen LogP contribution in [0.2, 0.25) is 0 Å². The van der Waals surface area contributed by atoms with E-state index in [0.29, 0.717) is 12.5 Å². The molecule has 0 saturated heterocycles. The lowest BCUT2D eigenvalue weighted by molar-refractivity contribution is -0.133. The summed E-state index contributed by atoms with van der Waals surface area (Å²) in [6.45, 7) is 3.36. The number of likely N-dealkylation sites (N-methyl/N-ethyl adjacent to an activating group) is 1. The van der Waals surface area contributed by atoms with Crippen molar-refractivity contribution in [2.24, 2.45) is 11.7 Å². The van der Waals surface area contributed by atoms with Crippen molar-refractivity contribution in [2.45, 2.75) is 18.8 Å². The van der Waals surface area contributed by atoms with Gasteiger partial charge >= 0.3 is 0 Å². The van der Waals surface area contributed by atoms with Crippen LogP contribution in [0.1, 0.15) is 18.9 Å². The van der Waals surface area contributed by atoms with Crippen LogP contribution < -0.4 is 5.73 Å². The molecule has 1 aromatic rings. The molecular formula is C14H19IN2O. The number of carbonyl (C=O) groups is 1. The van der Waals surface area contributed by atoms with Gasteiger partial charge in [0.05, 0.1) is 9.97 Å². The molecule has 1 aliphatic carbocycles. The topological polar surface area (TPSA) is 46.3 Å². The van der Waals surface area contributed by atoms with Crippen LogP contribution in [0.5, 0.6) is 0 Å². The molecule has 0 aliphatic heterocycles. The summed E-state index contributed by atoms with van der Waals surface area (Å²) in [4.78, 5) is 14.6. The maximum absolute atomic E-state index is 12.7. The van der Waals surface area contributed by atoms with E-state index < -0.39 is 0 Å². The summed E-state index contributed by atoms with van der Waals surface area (Å²) in [5, 5.41) is 0. The van der Waals surface area contributed by atoms with E-state index in [4.69, 9.17) is 5.73 Å². The largest absolute Gasteiger partial charge is 0.333 e. The summed E-state index contributed by atoms with van der Waals surface area (Å²) < 4.78 is 0.735. The van der Waals surface area contributed by atoms with Gasteiger partial charge in [0, 0.05) is 6.54 Å². The van der Waals surface area contributed by atoms with Crippen LogP contribution in [0, 0.1) is 5.92 Å². The van der Waals surface area contributed by atoms with Crippen LogP contribution in [0.3, 0.4) is 0 Å². The van der Waals surface area contributed by atoms with E-state index in [9.17, 15) is 4.79 Å². The fourth-order valence-corrected chi connectivity index (χ4v) is 3.45. The minimum Gasteiger partial charge on any atom is -0.333 e. The van der Waals surface area contributed by atoms with Gasteiger partial charge < -0.3 is 10.6 Å². The third-order valence-corrected chi connectivity index (χ3v) is 4.70. The van der Waals surface area contributed by atoms with E-state index in [2.05, 4.69) is 34.7 Å². The number of hydrogen-bond acceptors (Lipinski definition) is 2. The van der Waals surface area contributed by atoms with Crippen molar-refractivity contribution >= 4 is 28.5 Å². The molecule has 0 unspecified atom stereocenters. The summed E-state index contributed by atoms with van der Waals surface area (Å²) in [5.41, 5.74) is 6.56. The quantitative estimate of drug-likeness (QED) is 0.498. The number of carbonyl (C=O) groups excluding carboxylic acids is 1. The Bertz CT molecular complexity index is 419. The molecule has 4 heteroatoms. The zero-order valence-corrected chi connectivity index (χ0v) is 12.8. The Labute approximate surface area is 122 Å². The molecule has 0 aromatic heterocycles. The maximum atomic E-state index is 12.7. The highest BCUT2D eigenvalue weighted by Crippen LogP contribution is 2.54. The summed E-state index contributed by atoms with van der Waals surface area (Å²) in [5.74, 6) is 0.533. The third kappa shape index (κ3) is 2.16. The van der Waals surface area contributed by atoms with Crippen molar-refractivity contribution < 1.29 is 4.79 Å². The normalized spacial score (nSPS) is 25.8. The Morgan fingerprint density at radius 3 is 2.61 bits per heavy atom. The van der Waals surface area contributed by atoms with E-state index in [1.807, 2.05) is 30.0 Å². The summed E-state index contributed by atoms with van der Waals surface area (Å²) in [6.07, 6.45) is 0.888. The molecule has 3 nitrogen and oxygen atoms in total. The number of benzene rings is 1. The van der Waals surface area contributed by atoms with Crippen molar-refractivity contribution in [3.05, 3.63) is 35.9 Å². The van der Waals surface area contributed by atoms with Crippen molar-refractivity contribution in [1.29, 1.82) is 0 Å². The van der Waals surface area contributed by atoms with Gasteiger partial charge in [0.2, 0.25) is 5.91 Å². The monoisotopic (exact) mass is 358 g/mol. The summed E-state index contributed by atoms with van der Waals surface area (Å²) >= 11 is 2.24. The second-order valence-corrected chi connectivity index (χ2v) is 5.44. The van der Waals surface area contributed by atoms with E-state index in [-0.39, 0.29) is 11.3 Å². The Hall–Kier alpha value is -0.620. The molecule has 2 rings (SSSR count). The first-order valence-corrected chi connectivity index (χ1v) is 7.84. The van der Waals surface area contributed by atoms with Crippen LogP contribution in [-0.2, 0) is 10.2 Å².